The molecular formula is C9H18INO3. The molecular weight excluding hydrogens is 297 g/mol. The first-order chi connectivity index (χ1) is 6.66. The molecule has 5 heteroatoms. The Bertz CT molecular complexity index is 171. The summed E-state index contributed by atoms with van der Waals surface area (Å²) < 4.78 is 10.5. The molecule has 84 valence electrons. The number of hydrogen-bond acceptors (Lipinski definition) is 4. The summed E-state index contributed by atoms with van der Waals surface area (Å²) in [6, 6.07) is 0. The zero-order valence-electron chi connectivity index (χ0n) is 8.72. The SMILES string of the molecule is CCC(CC)(COCN)C(=O)OCI. The second-order valence-electron chi connectivity index (χ2n) is 3.04. The average molecular weight is 315 g/mol. The van der Waals surface area contributed by atoms with E-state index in [2.05, 4.69) is 0 Å². The number of alkyl halides is 1. The second kappa shape index (κ2) is 7.42. The van der Waals surface area contributed by atoms with E-state index in [9.17, 15) is 4.79 Å². The predicted molar refractivity (Wildman–Crippen MR) is 63.0 cm³/mol. The molecule has 0 aromatic carbocycles. The predicted octanol–water partition coefficient (Wildman–Crippen LogP) is 1.66. The van der Waals surface area contributed by atoms with E-state index in [1.54, 1.807) is 0 Å². The summed E-state index contributed by atoms with van der Waals surface area (Å²) >= 11 is 2.00. The summed E-state index contributed by atoms with van der Waals surface area (Å²) in [6.45, 7) is 4.39. The Morgan fingerprint density at radius 1 is 1.43 bits per heavy atom. The lowest BCUT2D eigenvalue weighted by molar-refractivity contribution is -0.158. The maximum absolute atomic E-state index is 11.7. The fraction of sp³-hybridized carbons (Fsp3) is 0.889. The molecule has 0 radical (unpaired) electrons. The monoisotopic (exact) mass is 315 g/mol. The van der Waals surface area contributed by atoms with Crippen LogP contribution in [0, 0.1) is 5.41 Å². The molecule has 0 aromatic rings. The van der Waals surface area contributed by atoms with Crippen LogP contribution in [0.4, 0.5) is 0 Å². The van der Waals surface area contributed by atoms with Crippen LogP contribution in [0.2, 0.25) is 0 Å². The van der Waals surface area contributed by atoms with E-state index < -0.39 is 5.41 Å². The van der Waals surface area contributed by atoms with Crippen molar-refractivity contribution in [2.75, 3.05) is 18.0 Å². The highest BCUT2D eigenvalue weighted by Crippen LogP contribution is 2.28. The van der Waals surface area contributed by atoms with Gasteiger partial charge in [-0.1, -0.05) is 13.8 Å². The van der Waals surface area contributed by atoms with Gasteiger partial charge in [0.2, 0.25) is 0 Å². The normalized spacial score (nSPS) is 11.4. The molecule has 0 saturated carbocycles. The van der Waals surface area contributed by atoms with Gasteiger partial charge in [-0.05, 0) is 35.4 Å². The molecule has 14 heavy (non-hydrogen) atoms. The Morgan fingerprint density at radius 3 is 2.36 bits per heavy atom. The molecule has 0 unspecified atom stereocenters. The van der Waals surface area contributed by atoms with E-state index in [1.807, 2.05) is 36.4 Å². The Kier molecular flexibility index (Phi) is 7.48. The molecule has 0 aromatic heterocycles. The molecule has 0 atom stereocenters. The van der Waals surface area contributed by atoms with Gasteiger partial charge in [0.05, 0.1) is 18.8 Å². The van der Waals surface area contributed by atoms with Gasteiger partial charge in [0.25, 0.3) is 0 Å². The molecule has 0 bridgehead atoms. The highest BCUT2D eigenvalue weighted by Gasteiger charge is 2.36. The van der Waals surface area contributed by atoms with Crippen molar-refractivity contribution >= 4 is 28.6 Å². The van der Waals surface area contributed by atoms with Gasteiger partial charge in [0.15, 0.2) is 0 Å². The summed E-state index contributed by atoms with van der Waals surface area (Å²) in [6.07, 6.45) is 1.41. The molecule has 0 amide bonds. The molecule has 0 heterocycles. The summed E-state index contributed by atoms with van der Waals surface area (Å²) in [7, 11) is 0. The van der Waals surface area contributed by atoms with Crippen LogP contribution < -0.4 is 5.73 Å². The van der Waals surface area contributed by atoms with E-state index in [1.165, 1.54) is 0 Å². The quantitative estimate of drug-likeness (QED) is 0.336. The smallest absolute Gasteiger partial charge is 0.315 e. The Balaban J connectivity index is 4.42. The first-order valence-electron chi connectivity index (χ1n) is 4.67. The number of nitrogens with two attached hydrogens (primary N) is 1. The minimum atomic E-state index is -0.523. The van der Waals surface area contributed by atoms with Crippen LogP contribution in [0.5, 0.6) is 0 Å². The molecule has 0 rings (SSSR count). The largest absolute Gasteiger partial charge is 0.455 e. The first-order valence-corrected chi connectivity index (χ1v) is 6.20. The van der Waals surface area contributed by atoms with Crippen LogP contribution >= 0.6 is 22.6 Å². The van der Waals surface area contributed by atoms with Crippen molar-refractivity contribution < 1.29 is 14.3 Å². The van der Waals surface area contributed by atoms with Gasteiger partial charge >= 0.3 is 5.97 Å². The minimum absolute atomic E-state index is 0.138. The van der Waals surface area contributed by atoms with Crippen LogP contribution in [0.3, 0.4) is 0 Å². The van der Waals surface area contributed by atoms with Crippen molar-refractivity contribution in [2.24, 2.45) is 11.1 Å². The maximum Gasteiger partial charge on any atom is 0.315 e. The third-order valence-corrected chi connectivity index (χ3v) is 2.78. The number of esters is 1. The molecule has 0 aliphatic rings. The molecule has 0 aliphatic carbocycles. The topological polar surface area (TPSA) is 61.5 Å². The van der Waals surface area contributed by atoms with Gasteiger partial charge in [-0.2, -0.15) is 0 Å². The fourth-order valence-electron chi connectivity index (χ4n) is 1.26. The summed E-state index contributed by atoms with van der Waals surface area (Å²) in [4.78, 5) is 11.7. The lowest BCUT2D eigenvalue weighted by atomic mass is 9.83. The Hall–Kier alpha value is 0.120. The van der Waals surface area contributed by atoms with Gasteiger partial charge in [0, 0.05) is 0 Å². The number of carbonyl (C=O) groups excluding carboxylic acids is 1. The molecule has 0 fully saturated rings. The molecule has 0 aliphatic heterocycles. The summed E-state index contributed by atoms with van der Waals surface area (Å²) in [5, 5.41) is 0. The fourth-order valence-corrected chi connectivity index (χ4v) is 1.54. The Labute approximate surface area is 98.6 Å². The molecule has 4 nitrogen and oxygen atoms in total. The molecule has 2 N–H and O–H groups in total. The van der Waals surface area contributed by atoms with Crippen molar-refractivity contribution in [1.29, 1.82) is 0 Å². The third kappa shape index (κ3) is 3.70. The maximum atomic E-state index is 11.7. The van der Waals surface area contributed by atoms with Crippen LogP contribution in [0.25, 0.3) is 0 Å². The van der Waals surface area contributed by atoms with Crippen molar-refractivity contribution in [3.63, 3.8) is 0 Å². The first kappa shape index (κ1) is 14.1. The van der Waals surface area contributed by atoms with Crippen molar-refractivity contribution in [3.05, 3.63) is 0 Å². The highest BCUT2D eigenvalue weighted by molar-refractivity contribution is 14.1. The van der Waals surface area contributed by atoms with Gasteiger partial charge in [-0.15, -0.1) is 0 Å². The van der Waals surface area contributed by atoms with Crippen molar-refractivity contribution in [3.8, 4) is 0 Å². The van der Waals surface area contributed by atoms with E-state index >= 15 is 0 Å². The van der Waals surface area contributed by atoms with Crippen LogP contribution in [-0.4, -0.2) is 23.9 Å². The number of halogens is 1. The lowest BCUT2D eigenvalue weighted by Crippen LogP contribution is -2.37. The molecule has 0 spiro atoms. The number of ether oxygens (including phenoxy) is 2. The van der Waals surface area contributed by atoms with Crippen LogP contribution in [0.1, 0.15) is 26.7 Å². The zero-order valence-corrected chi connectivity index (χ0v) is 10.9. The second-order valence-corrected chi connectivity index (χ2v) is 3.67. The van der Waals surface area contributed by atoms with E-state index in [4.69, 9.17) is 15.2 Å². The highest BCUT2D eigenvalue weighted by atomic mass is 127. The standard InChI is InChI=1S/C9H18INO3/c1-3-9(4-2,5-13-7-11)8(12)14-6-10/h3-7,11H2,1-2H3. The van der Waals surface area contributed by atoms with E-state index in [-0.39, 0.29) is 12.7 Å². The lowest BCUT2D eigenvalue weighted by Gasteiger charge is -2.28. The van der Waals surface area contributed by atoms with Crippen molar-refractivity contribution in [2.45, 2.75) is 26.7 Å². The van der Waals surface area contributed by atoms with E-state index in [0.717, 1.165) is 0 Å². The Morgan fingerprint density at radius 2 is 2.00 bits per heavy atom. The van der Waals surface area contributed by atoms with Gasteiger partial charge in [-0.3, -0.25) is 4.79 Å². The minimum Gasteiger partial charge on any atom is -0.455 e. The van der Waals surface area contributed by atoms with Crippen LogP contribution in [0.15, 0.2) is 0 Å². The summed E-state index contributed by atoms with van der Waals surface area (Å²) in [5.41, 5.74) is 4.72. The van der Waals surface area contributed by atoms with Crippen molar-refractivity contribution in [1.82, 2.24) is 0 Å². The molecule has 0 saturated heterocycles. The summed E-state index contributed by atoms with van der Waals surface area (Å²) in [5.74, 6) is -0.189. The van der Waals surface area contributed by atoms with Gasteiger partial charge < -0.3 is 15.2 Å². The number of hydrogen-bond donors (Lipinski definition) is 1. The number of carbonyl (C=O) groups is 1. The van der Waals surface area contributed by atoms with Crippen LogP contribution in [-0.2, 0) is 14.3 Å². The number of rotatable bonds is 7. The zero-order chi connectivity index (χ0) is 11.0. The van der Waals surface area contributed by atoms with E-state index in [0.29, 0.717) is 24.1 Å². The van der Waals surface area contributed by atoms with Gasteiger partial charge in [0.1, 0.15) is 4.61 Å². The van der Waals surface area contributed by atoms with Gasteiger partial charge in [-0.25, -0.2) is 0 Å². The average Bonchev–Trinajstić information content (AvgIpc) is 2.21. The third-order valence-electron chi connectivity index (χ3n) is 2.47.